The number of carbonyl (C=O) groups is 2. The Morgan fingerprint density at radius 1 is 1.37 bits per heavy atom. The number of hydrogen-bond acceptors (Lipinski definition) is 4. The average molecular weight is 264 g/mol. The normalized spacial score (nSPS) is 8.68. The Kier molecular flexibility index (Phi) is 7.29. The van der Waals surface area contributed by atoms with Crippen LogP contribution in [0.3, 0.4) is 0 Å². The zero-order valence-corrected chi connectivity index (χ0v) is 10.6. The lowest BCUT2D eigenvalue weighted by Gasteiger charge is -2.01. The van der Waals surface area contributed by atoms with Gasteiger partial charge in [-0.3, -0.25) is 11.1 Å². The second-order valence-electron chi connectivity index (χ2n) is 3.41. The molecule has 0 aromatic heterocycles. The first-order valence-corrected chi connectivity index (χ1v) is 5.32. The van der Waals surface area contributed by atoms with E-state index in [1.807, 2.05) is 0 Å². The summed E-state index contributed by atoms with van der Waals surface area (Å²) in [6.45, 7) is 4.62. The average Bonchev–Trinajstić information content (AvgIpc) is 2.35. The molecule has 6 nitrogen and oxygen atoms in total. The summed E-state index contributed by atoms with van der Waals surface area (Å²) < 4.78 is 4.85. The van der Waals surface area contributed by atoms with Gasteiger partial charge in [0.25, 0.3) is 5.84 Å². The Balaban J connectivity index is 0.000000711. The number of ether oxygens (including phenoxy) is 1. The minimum absolute atomic E-state index is 0.200. The minimum Gasteiger partial charge on any atom is -0.550 e. The topological polar surface area (TPSA) is 118 Å². The van der Waals surface area contributed by atoms with Gasteiger partial charge >= 0.3 is 5.97 Å². The fourth-order valence-electron chi connectivity index (χ4n) is 1.02. The van der Waals surface area contributed by atoms with Gasteiger partial charge in [-0.25, -0.2) is 4.79 Å². The van der Waals surface area contributed by atoms with Crippen molar-refractivity contribution in [1.29, 1.82) is 0 Å². The van der Waals surface area contributed by atoms with E-state index in [1.165, 1.54) is 6.08 Å². The van der Waals surface area contributed by atoms with Crippen LogP contribution in [0.25, 0.3) is 0 Å². The van der Waals surface area contributed by atoms with Gasteiger partial charge in [-0.1, -0.05) is 12.7 Å². The van der Waals surface area contributed by atoms with Crippen LogP contribution in [0, 0.1) is 0 Å². The Morgan fingerprint density at radius 3 is 2.16 bits per heavy atom. The van der Waals surface area contributed by atoms with Crippen molar-refractivity contribution in [2.45, 2.75) is 6.92 Å². The number of nitrogens with two attached hydrogens (primary N) is 2. The van der Waals surface area contributed by atoms with E-state index in [1.54, 1.807) is 24.3 Å². The lowest BCUT2D eigenvalue weighted by molar-refractivity contribution is -0.302. The molecule has 0 fully saturated rings. The maximum absolute atomic E-state index is 11.3. The zero-order chi connectivity index (χ0) is 14.8. The molecule has 0 bridgehead atoms. The molecule has 1 aromatic rings. The van der Waals surface area contributed by atoms with Crippen molar-refractivity contribution in [2.24, 2.45) is 5.73 Å². The number of amidine groups is 1. The van der Waals surface area contributed by atoms with Crippen LogP contribution < -0.4 is 16.2 Å². The van der Waals surface area contributed by atoms with E-state index in [2.05, 4.69) is 6.58 Å². The van der Waals surface area contributed by atoms with E-state index in [9.17, 15) is 4.79 Å². The second-order valence-corrected chi connectivity index (χ2v) is 3.41. The molecule has 0 saturated heterocycles. The van der Waals surface area contributed by atoms with Crippen molar-refractivity contribution in [3.8, 4) is 0 Å². The van der Waals surface area contributed by atoms with Crippen LogP contribution in [0.1, 0.15) is 22.8 Å². The van der Waals surface area contributed by atoms with Crippen LogP contribution in [0.4, 0.5) is 0 Å². The predicted octanol–water partition coefficient (Wildman–Crippen LogP) is -1.75. The van der Waals surface area contributed by atoms with Crippen molar-refractivity contribution >= 4 is 17.8 Å². The molecule has 6 heteroatoms. The summed E-state index contributed by atoms with van der Waals surface area (Å²) in [4.78, 5) is 20.2. The van der Waals surface area contributed by atoms with Crippen molar-refractivity contribution in [3.63, 3.8) is 0 Å². The number of carboxylic acid groups (broad SMARTS) is 1. The first-order valence-electron chi connectivity index (χ1n) is 5.32. The summed E-state index contributed by atoms with van der Waals surface area (Å²) in [7, 11) is 0. The molecule has 0 aliphatic rings. The molecule has 0 radical (unpaired) electrons. The largest absolute Gasteiger partial charge is 0.550 e. The number of esters is 1. The van der Waals surface area contributed by atoms with Gasteiger partial charge in [-0.2, -0.15) is 0 Å². The van der Waals surface area contributed by atoms with Crippen molar-refractivity contribution in [3.05, 3.63) is 48.0 Å². The Bertz CT molecular complexity index is 462. The first-order chi connectivity index (χ1) is 8.88. The number of hydrogen-bond donors (Lipinski definition) is 2. The van der Waals surface area contributed by atoms with Crippen LogP contribution in [-0.2, 0) is 9.53 Å². The van der Waals surface area contributed by atoms with Crippen LogP contribution in [-0.4, -0.2) is 24.4 Å². The molecule has 102 valence electrons. The second kappa shape index (κ2) is 8.46. The number of carboxylic acids is 1. The van der Waals surface area contributed by atoms with Crippen molar-refractivity contribution in [2.75, 3.05) is 6.61 Å². The maximum atomic E-state index is 11.3. The summed E-state index contributed by atoms with van der Waals surface area (Å²) in [5.41, 5.74) is 6.54. The van der Waals surface area contributed by atoms with Crippen molar-refractivity contribution in [1.82, 2.24) is 0 Å². The van der Waals surface area contributed by atoms with E-state index >= 15 is 0 Å². The predicted molar refractivity (Wildman–Crippen MR) is 67.8 cm³/mol. The molecule has 0 aliphatic carbocycles. The van der Waals surface area contributed by atoms with Gasteiger partial charge in [-0.15, -0.1) is 0 Å². The Morgan fingerprint density at radius 2 is 1.79 bits per heavy atom. The molecule has 4 N–H and O–H groups in total. The molecule has 0 amide bonds. The van der Waals surface area contributed by atoms with Crippen LogP contribution in [0.15, 0.2) is 36.9 Å². The number of aliphatic carboxylic acids is 1. The standard InChI is InChI=1S/C11H12N2O2.C2H4O2/c1-2-7-15-11(14)9-5-3-8(4-6-9)10(12)13;1-2(3)4/h2-6H,1,7H2,(H3,12,13);1H3,(H,3,4). The van der Waals surface area contributed by atoms with Gasteiger partial charge in [-0.05, 0) is 31.2 Å². The Labute approximate surface area is 111 Å². The lowest BCUT2D eigenvalue weighted by atomic mass is 10.1. The van der Waals surface area contributed by atoms with E-state index in [-0.39, 0.29) is 12.4 Å². The van der Waals surface area contributed by atoms with Crippen LogP contribution >= 0.6 is 0 Å². The quantitative estimate of drug-likeness (QED) is 0.289. The zero-order valence-electron chi connectivity index (χ0n) is 10.6. The van der Waals surface area contributed by atoms with E-state index < -0.39 is 11.9 Å². The molecule has 0 unspecified atom stereocenters. The SMILES string of the molecule is C=CCOC(=O)c1ccc(C(N)=[NH2+])cc1.CC(=O)[O-]. The third kappa shape index (κ3) is 7.32. The third-order valence-electron chi connectivity index (χ3n) is 1.79. The Hall–Kier alpha value is -2.63. The monoisotopic (exact) mass is 264 g/mol. The molecule has 1 aromatic carbocycles. The van der Waals surface area contributed by atoms with Crippen LogP contribution in [0.5, 0.6) is 0 Å². The van der Waals surface area contributed by atoms with E-state index in [0.717, 1.165) is 6.92 Å². The highest BCUT2D eigenvalue weighted by atomic mass is 16.5. The lowest BCUT2D eigenvalue weighted by Crippen LogP contribution is -2.46. The van der Waals surface area contributed by atoms with Gasteiger partial charge in [0.2, 0.25) is 0 Å². The number of benzene rings is 1. The number of carbonyl (C=O) groups excluding carboxylic acids is 2. The van der Waals surface area contributed by atoms with Gasteiger partial charge in [0.15, 0.2) is 0 Å². The molecule has 0 aliphatic heterocycles. The van der Waals surface area contributed by atoms with Gasteiger partial charge < -0.3 is 14.6 Å². The van der Waals surface area contributed by atoms with Gasteiger partial charge in [0, 0.05) is 5.97 Å². The van der Waals surface area contributed by atoms with Gasteiger partial charge in [0.05, 0.1) is 11.1 Å². The summed E-state index contributed by atoms with van der Waals surface area (Å²) in [6, 6.07) is 6.56. The fourth-order valence-corrected chi connectivity index (χ4v) is 1.02. The molecular weight excluding hydrogens is 248 g/mol. The van der Waals surface area contributed by atoms with Crippen LogP contribution in [0.2, 0.25) is 0 Å². The van der Waals surface area contributed by atoms with Crippen molar-refractivity contribution < 1.29 is 24.8 Å². The summed E-state index contributed by atoms with van der Waals surface area (Å²) in [5, 5.41) is 14.3. The molecule has 19 heavy (non-hydrogen) atoms. The van der Waals surface area contributed by atoms with Gasteiger partial charge in [0.1, 0.15) is 6.61 Å². The third-order valence-corrected chi connectivity index (χ3v) is 1.79. The molecular formula is C13H16N2O4. The summed E-state index contributed by atoms with van der Waals surface area (Å²) in [6.07, 6.45) is 1.51. The molecule has 0 atom stereocenters. The highest BCUT2D eigenvalue weighted by Crippen LogP contribution is 2.04. The smallest absolute Gasteiger partial charge is 0.338 e. The van der Waals surface area contributed by atoms with E-state index in [4.69, 9.17) is 25.8 Å². The van der Waals surface area contributed by atoms with E-state index in [0.29, 0.717) is 11.1 Å². The molecule has 1 rings (SSSR count). The first kappa shape index (κ1) is 16.4. The highest BCUT2D eigenvalue weighted by Gasteiger charge is 2.07. The fraction of sp³-hybridized carbons (Fsp3) is 0.154. The number of rotatable bonds is 4. The summed E-state index contributed by atoms with van der Waals surface area (Å²) >= 11 is 0. The highest BCUT2D eigenvalue weighted by molar-refractivity contribution is 5.95. The molecule has 0 heterocycles. The minimum atomic E-state index is -1.08. The molecule has 0 spiro atoms. The molecule has 0 saturated carbocycles. The summed E-state index contributed by atoms with van der Waals surface area (Å²) in [5.74, 6) is -1.25. The maximum Gasteiger partial charge on any atom is 0.338 e.